The van der Waals surface area contributed by atoms with Gasteiger partial charge in [0.05, 0.1) is 13.0 Å². The van der Waals surface area contributed by atoms with E-state index in [-0.39, 0.29) is 18.0 Å². The number of guanidine groups is 1. The number of hydrogen-bond acceptors (Lipinski definition) is 1. The average molecular weight is 295 g/mol. The fourth-order valence-electron chi connectivity index (χ4n) is 1.57. The second-order valence-electron chi connectivity index (χ2n) is 6.27. The summed E-state index contributed by atoms with van der Waals surface area (Å²) in [6, 6.07) is 0.179. The molecule has 0 heterocycles. The van der Waals surface area contributed by atoms with Gasteiger partial charge in [0.2, 0.25) is 0 Å². The molecule has 0 radical (unpaired) electrons. The van der Waals surface area contributed by atoms with Crippen molar-refractivity contribution < 1.29 is 13.2 Å². The van der Waals surface area contributed by atoms with Gasteiger partial charge < -0.3 is 10.6 Å². The van der Waals surface area contributed by atoms with E-state index in [1.54, 1.807) is 0 Å². The van der Waals surface area contributed by atoms with Gasteiger partial charge in [-0.1, -0.05) is 20.8 Å². The maximum absolute atomic E-state index is 12.1. The lowest BCUT2D eigenvalue weighted by Crippen LogP contribution is -2.42. The Labute approximate surface area is 120 Å². The van der Waals surface area contributed by atoms with E-state index in [1.165, 1.54) is 0 Å². The number of alkyl halides is 3. The summed E-state index contributed by atoms with van der Waals surface area (Å²) in [4.78, 5) is 3.96. The number of aliphatic imine (C=N–C) groups is 1. The van der Waals surface area contributed by atoms with Crippen molar-refractivity contribution in [2.45, 2.75) is 66.1 Å². The third-order valence-corrected chi connectivity index (χ3v) is 2.72. The van der Waals surface area contributed by atoms with Gasteiger partial charge in [-0.25, -0.2) is 0 Å². The topological polar surface area (TPSA) is 36.4 Å². The lowest BCUT2D eigenvalue weighted by atomic mass is 9.89. The van der Waals surface area contributed by atoms with Crippen LogP contribution in [0, 0.1) is 5.41 Å². The van der Waals surface area contributed by atoms with Gasteiger partial charge in [-0.15, -0.1) is 0 Å². The highest BCUT2D eigenvalue weighted by molar-refractivity contribution is 5.80. The molecule has 0 aromatic heterocycles. The molecular weight excluding hydrogens is 267 g/mol. The summed E-state index contributed by atoms with van der Waals surface area (Å²) in [5, 5.41) is 6.12. The Morgan fingerprint density at radius 1 is 1.15 bits per heavy atom. The van der Waals surface area contributed by atoms with E-state index < -0.39 is 12.6 Å². The van der Waals surface area contributed by atoms with E-state index >= 15 is 0 Å². The third kappa shape index (κ3) is 12.1. The van der Waals surface area contributed by atoms with Gasteiger partial charge in [0, 0.05) is 12.6 Å². The van der Waals surface area contributed by atoms with E-state index in [1.807, 2.05) is 13.8 Å². The highest BCUT2D eigenvalue weighted by atomic mass is 19.4. The molecule has 0 rings (SSSR count). The molecule has 0 aromatic carbocycles. The van der Waals surface area contributed by atoms with Crippen molar-refractivity contribution in [1.29, 1.82) is 0 Å². The van der Waals surface area contributed by atoms with Gasteiger partial charge in [0.1, 0.15) is 0 Å². The number of halogens is 3. The highest BCUT2D eigenvalue weighted by Crippen LogP contribution is 2.21. The summed E-state index contributed by atoms with van der Waals surface area (Å²) in [5.74, 6) is 0.457. The first-order valence-corrected chi connectivity index (χ1v) is 7.15. The largest absolute Gasteiger partial charge is 0.390 e. The maximum Gasteiger partial charge on any atom is 0.390 e. The lowest BCUT2D eigenvalue weighted by Gasteiger charge is -2.23. The molecule has 0 amide bonds. The van der Waals surface area contributed by atoms with Gasteiger partial charge in [-0.05, 0) is 32.1 Å². The van der Waals surface area contributed by atoms with Crippen LogP contribution in [0.1, 0.15) is 53.9 Å². The van der Waals surface area contributed by atoms with Crippen molar-refractivity contribution in [2.75, 3.05) is 13.1 Å². The first-order valence-electron chi connectivity index (χ1n) is 7.15. The fraction of sp³-hybridized carbons (Fsp3) is 0.929. The summed E-state index contributed by atoms with van der Waals surface area (Å²) in [6.07, 6.45) is -3.05. The molecule has 2 N–H and O–H groups in total. The molecule has 0 saturated heterocycles. The van der Waals surface area contributed by atoms with Crippen LogP contribution < -0.4 is 10.6 Å². The number of rotatable bonds is 6. The highest BCUT2D eigenvalue weighted by Gasteiger charge is 2.26. The van der Waals surface area contributed by atoms with E-state index in [9.17, 15) is 13.2 Å². The third-order valence-electron chi connectivity index (χ3n) is 2.72. The first-order chi connectivity index (χ1) is 9.03. The predicted octanol–water partition coefficient (Wildman–Crippen LogP) is 3.71. The normalized spacial score (nSPS) is 15.1. The Bertz CT molecular complexity index is 293. The van der Waals surface area contributed by atoms with E-state index in [4.69, 9.17) is 0 Å². The van der Waals surface area contributed by atoms with E-state index in [2.05, 4.69) is 36.4 Å². The zero-order valence-electron chi connectivity index (χ0n) is 13.2. The van der Waals surface area contributed by atoms with Crippen LogP contribution in [0.3, 0.4) is 0 Å². The predicted molar refractivity (Wildman–Crippen MR) is 77.9 cm³/mol. The summed E-state index contributed by atoms with van der Waals surface area (Å²) >= 11 is 0. The van der Waals surface area contributed by atoms with Crippen LogP contribution in [0.4, 0.5) is 13.2 Å². The molecule has 0 saturated carbocycles. The van der Waals surface area contributed by atoms with Crippen molar-refractivity contribution in [1.82, 2.24) is 10.6 Å². The van der Waals surface area contributed by atoms with Crippen molar-refractivity contribution in [3.05, 3.63) is 0 Å². The quantitative estimate of drug-likeness (QED) is 0.579. The number of nitrogens with zero attached hydrogens (tertiary/aromatic N) is 1. The van der Waals surface area contributed by atoms with Crippen LogP contribution in [0.2, 0.25) is 0 Å². The second kappa shape index (κ2) is 8.37. The molecule has 3 nitrogen and oxygen atoms in total. The zero-order chi connectivity index (χ0) is 15.8. The van der Waals surface area contributed by atoms with Crippen LogP contribution >= 0.6 is 0 Å². The zero-order valence-corrected chi connectivity index (χ0v) is 13.2. The summed E-state index contributed by atoms with van der Waals surface area (Å²) < 4.78 is 36.3. The maximum atomic E-state index is 12.1. The number of hydrogen-bond donors (Lipinski definition) is 2. The Hall–Kier alpha value is -0.940. The van der Waals surface area contributed by atoms with Crippen LogP contribution in [0.5, 0.6) is 0 Å². The minimum absolute atomic E-state index is 0.179. The molecule has 1 atom stereocenters. The Kier molecular flexibility index (Phi) is 7.98. The van der Waals surface area contributed by atoms with Gasteiger partial charge in [-0.2, -0.15) is 13.2 Å². The minimum atomic E-state index is -4.15. The lowest BCUT2D eigenvalue weighted by molar-refractivity contribution is -0.132. The molecule has 0 aliphatic rings. The van der Waals surface area contributed by atoms with Crippen molar-refractivity contribution in [2.24, 2.45) is 10.4 Å². The van der Waals surface area contributed by atoms with Crippen LogP contribution in [-0.4, -0.2) is 31.3 Å². The minimum Gasteiger partial charge on any atom is -0.357 e. The Morgan fingerprint density at radius 3 is 2.20 bits per heavy atom. The van der Waals surface area contributed by atoms with Crippen molar-refractivity contribution in [3.63, 3.8) is 0 Å². The monoisotopic (exact) mass is 295 g/mol. The fourth-order valence-corrected chi connectivity index (χ4v) is 1.57. The van der Waals surface area contributed by atoms with Gasteiger partial charge in [0.15, 0.2) is 5.96 Å². The molecule has 0 bridgehead atoms. The summed E-state index contributed by atoms with van der Waals surface area (Å²) in [7, 11) is 0. The standard InChI is InChI=1S/C14H28F3N3/c1-6-18-12(19-10-9-14(15,16)17)20-11(2)7-8-13(3,4)5/h11H,6-10H2,1-5H3,(H2,18,19,20). The molecule has 0 aliphatic heterocycles. The van der Waals surface area contributed by atoms with Gasteiger partial charge >= 0.3 is 6.18 Å². The molecule has 1 unspecified atom stereocenters. The molecule has 20 heavy (non-hydrogen) atoms. The Morgan fingerprint density at radius 2 is 1.75 bits per heavy atom. The molecule has 0 fully saturated rings. The van der Waals surface area contributed by atoms with Gasteiger partial charge in [0.25, 0.3) is 0 Å². The second-order valence-corrected chi connectivity index (χ2v) is 6.27. The molecule has 0 spiro atoms. The SMILES string of the molecule is CCNC(=NCCC(F)(F)F)NC(C)CCC(C)(C)C. The molecule has 120 valence electrons. The molecule has 0 aliphatic carbocycles. The summed E-state index contributed by atoms with van der Waals surface area (Å²) in [5.41, 5.74) is 0.252. The van der Waals surface area contributed by atoms with Crippen LogP contribution in [-0.2, 0) is 0 Å². The smallest absolute Gasteiger partial charge is 0.357 e. The molecular formula is C14H28F3N3. The van der Waals surface area contributed by atoms with Crippen molar-refractivity contribution in [3.8, 4) is 0 Å². The first kappa shape index (κ1) is 19.1. The average Bonchev–Trinajstić information content (AvgIpc) is 2.24. The van der Waals surface area contributed by atoms with Gasteiger partial charge in [-0.3, -0.25) is 4.99 Å². The molecule has 0 aromatic rings. The Balaban J connectivity index is 4.27. The van der Waals surface area contributed by atoms with E-state index in [0.717, 1.165) is 12.8 Å². The van der Waals surface area contributed by atoms with Crippen LogP contribution in [0.25, 0.3) is 0 Å². The van der Waals surface area contributed by atoms with Crippen LogP contribution in [0.15, 0.2) is 4.99 Å². The number of nitrogens with one attached hydrogen (secondary N) is 2. The van der Waals surface area contributed by atoms with E-state index in [0.29, 0.717) is 12.5 Å². The summed E-state index contributed by atoms with van der Waals surface area (Å²) in [6.45, 7) is 10.8. The van der Waals surface area contributed by atoms with Crippen molar-refractivity contribution >= 4 is 5.96 Å². The molecule has 6 heteroatoms.